The van der Waals surface area contributed by atoms with Gasteiger partial charge in [0.2, 0.25) is 0 Å². The smallest absolute Gasteiger partial charge is 0.254 e. The van der Waals surface area contributed by atoms with Gasteiger partial charge in [0.15, 0.2) is 0 Å². The summed E-state index contributed by atoms with van der Waals surface area (Å²) < 4.78 is 19.2. The first kappa shape index (κ1) is 15.2. The van der Waals surface area contributed by atoms with Gasteiger partial charge in [0.05, 0.1) is 18.8 Å². The molecule has 1 N–H and O–H groups in total. The van der Waals surface area contributed by atoms with E-state index >= 15 is 0 Å². The van der Waals surface area contributed by atoms with Crippen molar-refractivity contribution < 1.29 is 13.9 Å². The Morgan fingerprint density at radius 3 is 3.00 bits per heavy atom. The molecule has 0 aromatic heterocycles. The lowest BCUT2D eigenvalue weighted by atomic mass is 10.1. The van der Waals surface area contributed by atoms with Crippen LogP contribution in [0.4, 0.5) is 4.39 Å². The van der Waals surface area contributed by atoms with Crippen LogP contribution < -0.4 is 5.32 Å². The highest BCUT2D eigenvalue weighted by Gasteiger charge is 2.38. The fourth-order valence-electron chi connectivity index (χ4n) is 2.73. The largest absolute Gasteiger partial charge is 0.373 e. The number of amides is 1. The van der Waals surface area contributed by atoms with Crippen molar-refractivity contribution in [3.63, 3.8) is 0 Å². The summed E-state index contributed by atoms with van der Waals surface area (Å²) >= 11 is 0. The second-order valence-electron chi connectivity index (χ2n) is 5.10. The molecule has 0 aliphatic carbocycles. The second-order valence-corrected chi connectivity index (χ2v) is 5.10. The molecule has 0 bridgehead atoms. The summed E-state index contributed by atoms with van der Waals surface area (Å²) in [6.45, 7) is 4.32. The lowest BCUT2D eigenvalue weighted by Crippen LogP contribution is -2.53. The van der Waals surface area contributed by atoms with Crippen LogP contribution in [0.3, 0.4) is 0 Å². The molecule has 20 heavy (non-hydrogen) atoms. The number of aryl methyl sites for hydroxylation is 1. The zero-order chi connectivity index (χ0) is 13.4. The molecular weight excluding hydrogens is 283 g/mol. The number of fused-ring (bicyclic) bond motifs is 1. The summed E-state index contributed by atoms with van der Waals surface area (Å²) in [5.41, 5.74) is 0.967. The third kappa shape index (κ3) is 2.66. The van der Waals surface area contributed by atoms with Gasteiger partial charge in [-0.3, -0.25) is 4.79 Å². The van der Waals surface area contributed by atoms with Crippen LogP contribution in [-0.4, -0.2) is 49.2 Å². The van der Waals surface area contributed by atoms with Gasteiger partial charge >= 0.3 is 0 Å². The van der Waals surface area contributed by atoms with Crippen LogP contribution in [0.15, 0.2) is 18.2 Å². The average molecular weight is 301 g/mol. The van der Waals surface area contributed by atoms with Crippen molar-refractivity contribution >= 4 is 18.3 Å². The summed E-state index contributed by atoms with van der Waals surface area (Å²) in [6.07, 6.45) is 0.0630. The molecule has 2 fully saturated rings. The summed E-state index contributed by atoms with van der Waals surface area (Å²) in [4.78, 5) is 14.3. The minimum atomic E-state index is -0.333. The van der Waals surface area contributed by atoms with Crippen LogP contribution in [0.2, 0.25) is 0 Å². The molecular formula is C14H18ClFN2O2. The standard InChI is InChI=1S/C14H17FN2O2.ClH/c1-9-2-3-10(6-11(9)15)14(18)17-4-5-19-13-8-16-7-12(13)17;/h2-3,6,12-13,16H,4-5,7-8H2,1H3;1H/t12-,13+;/m1./s1. The molecule has 110 valence electrons. The Labute approximate surface area is 123 Å². The first-order valence-electron chi connectivity index (χ1n) is 6.56. The molecule has 4 nitrogen and oxygen atoms in total. The summed E-state index contributed by atoms with van der Waals surface area (Å²) in [5, 5.41) is 3.23. The first-order chi connectivity index (χ1) is 9.16. The van der Waals surface area contributed by atoms with Crippen molar-refractivity contribution in [2.75, 3.05) is 26.2 Å². The number of carbonyl (C=O) groups excluding carboxylic acids is 1. The lowest BCUT2D eigenvalue weighted by molar-refractivity contribution is -0.0364. The molecule has 0 unspecified atom stereocenters. The predicted octanol–water partition coefficient (Wildman–Crippen LogP) is 1.37. The number of carbonyl (C=O) groups is 1. The number of hydrogen-bond acceptors (Lipinski definition) is 3. The van der Waals surface area contributed by atoms with Crippen LogP contribution in [0.1, 0.15) is 15.9 Å². The zero-order valence-electron chi connectivity index (χ0n) is 11.3. The van der Waals surface area contributed by atoms with Crippen molar-refractivity contribution in [2.24, 2.45) is 0 Å². The van der Waals surface area contributed by atoms with Crippen LogP contribution >= 0.6 is 12.4 Å². The molecule has 0 spiro atoms. The highest BCUT2D eigenvalue weighted by Crippen LogP contribution is 2.21. The van der Waals surface area contributed by atoms with Crippen molar-refractivity contribution in [3.8, 4) is 0 Å². The van der Waals surface area contributed by atoms with Crippen molar-refractivity contribution in [1.29, 1.82) is 0 Å². The Bertz CT molecular complexity index is 512. The van der Waals surface area contributed by atoms with E-state index in [1.807, 2.05) is 0 Å². The Hall–Kier alpha value is -1.17. The summed E-state index contributed by atoms with van der Waals surface area (Å²) in [5.74, 6) is -0.443. The Morgan fingerprint density at radius 2 is 2.25 bits per heavy atom. The molecule has 2 atom stereocenters. The van der Waals surface area contributed by atoms with E-state index in [9.17, 15) is 9.18 Å². The van der Waals surface area contributed by atoms with Gasteiger partial charge in [0, 0.05) is 25.2 Å². The summed E-state index contributed by atoms with van der Waals surface area (Å²) in [7, 11) is 0. The number of morpholine rings is 1. The quantitative estimate of drug-likeness (QED) is 0.852. The van der Waals surface area contributed by atoms with Crippen molar-refractivity contribution in [1.82, 2.24) is 10.2 Å². The maximum atomic E-state index is 13.6. The van der Waals surface area contributed by atoms with Gasteiger partial charge in [0.1, 0.15) is 5.82 Å². The Morgan fingerprint density at radius 1 is 1.45 bits per heavy atom. The minimum absolute atomic E-state index is 0. The minimum Gasteiger partial charge on any atom is -0.373 e. The third-order valence-corrected chi connectivity index (χ3v) is 3.87. The first-order valence-corrected chi connectivity index (χ1v) is 6.56. The van der Waals surface area contributed by atoms with E-state index in [2.05, 4.69) is 5.32 Å². The molecule has 0 saturated carbocycles. The van der Waals surface area contributed by atoms with Gasteiger partial charge < -0.3 is 15.0 Å². The summed E-state index contributed by atoms with van der Waals surface area (Å²) in [6, 6.07) is 4.72. The van der Waals surface area contributed by atoms with Gasteiger partial charge in [-0.2, -0.15) is 0 Å². The van der Waals surface area contributed by atoms with Gasteiger partial charge in [-0.05, 0) is 24.6 Å². The predicted molar refractivity (Wildman–Crippen MR) is 75.8 cm³/mol. The highest BCUT2D eigenvalue weighted by atomic mass is 35.5. The van der Waals surface area contributed by atoms with Crippen LogP contribution in [-0.2, 0) is 4.74 Å². The highest BCUT2D eigenvalue weighted by molar-refractivity contribution is 5.94. The van der Waals surface area contributed by atoms with E-state index in [1.165, 1.54) is 6.07 Å². The second kappa shape index (κ2) is 6.08. The third-order valence-electron chi connectivity index (χ3n) is 3.87. The zero-order valence-corrected chi connectivity index (χ0v) is 12.1. The number of ether oxygens (including phenoxy) is 1. The van der Waals surface area contributed by atoms with Crippen LogP contribution in [0.25, 0.3) is 0 Å². The van der Waals surface area contributed by atoms with Crippen LogP contribution in [0.5, 0.6) is 0 Å². The number of nitrogens with one attached hydrogen (secondary N) is 1. The molecule has 1 aromatic carbocycles. The SMILES string of the molecule is Cc1ccc(C(=O)N2CCO[C@H]3CNC[C@H]32)cc1F.Cl. The van der Waals surface area contributed by atoms with E-state index in [4.69, 9.17) is 4.74 Å². The van der Waals surface area contributed by atoms with E-state index in [-0.39, 0.29) is 36.3 Å². The fraction of sp³-hybridized carbons (Fsp3) is 0.500. The van der Waals surface area contributed by atoms with Crippen molar-refractivity contribution in [3.05, 3.63) is 35.1 Å². The van der Waals surface area contributed by atoms with Gasteiger partial charge in [-0.15, -0.1) is 12.4 Å². The van der Waals surface area contributed by atoms with Gasteiger partial charge in [-0.25, -0.2) is 4.39 Å². The molecule has 2 heterocycles. The van der Waals surface area contributed by atoms with Crippen molar-refractivity contribution in [2.45, 2.75) is 19.1 Å². The normalized spacial score (nSPS) is 25.0. The molecule has 0 radical (unpaired) electrons. The average Bonchev–Trinajstić information content (AvgIpc) is 2.89. The van der Waals surface area contributed by atoms with E-state index in [0.29, 0.717) is 24.3 Å². The lowest BCUT2D eigenvalue weighted by Gasteiger charge is -2.37. The number of nitrogens with zero attached hydrogens (tertiary/aromatic N) is 1. The molecule has 3 rings (SSSR count). The number of halogens is 2. The Kier molecular flexibility index (Phi) is 4.62. The molecule has 2 aliphatic heterocycles. The maximum absolute atomic E-state index is 13.6. The molecule has 1 amide bonds. The van der Waals surface area contributed by atoms with E-state index < -0.39 is 0 Å². The van der Waals surface area contributed by atoms with Gasteiger partial charge in [-0.1, -0.05) is 6.07 Å². The van der Waals surface area contributed by atoms with E-state index in [0.717, 1.165) is 13.1 Å². The number of hydrogen-bond donors (Lipinski definition) is 1. The fourth-order valence-corrected chi connectivity index (χ4v) is 2.73. The molecule has 2 saturated heterocycles. The molecule has 1 aromatic rings. The van der Waals surface area contributed by atoms with E-state index in [1.54, 1.807) is 24.0 Å². The maximum Gasteiger partial charge on any atom is 0.254 e. The number of rotatable bonds is 1. The van der Waals surface area contributed by atoms with Crippen LogP contribution in [0, 0.1) is 12.7 Å². The Balaban J connectivity index is 0.00000147. The van der Waals surface area contributed by atoms with Gasteiger partial charge in [0.25, 0.3) is 5.91 Å². The molecule has 6 heteroatoms. The molecule has 2 aliphatic rings. The topological polar surface area (TPSA) is 41.6 Å². The number of benzene rings is 1. The monoisotopic (exact) mass is 300 g/mol.